The fraction of sp³-hybridized carbons (Fsp3) is 0.905. The van der Waals surface area contributed by atoms with Gasteiger partial charge in [-0.1, -0.05) is 13.8 Å². The van der Waals surface area contributed by atoms with E-state index in [9.17, 15) is 14.7 Å². The fourth-order valence-electron chi connectivity index (χ4n) is 8.09. The number of carbonyl (C=O) groups excluding carboxylic acids is 2. The standard InChI is InChI=1S/C21H30O4/c1-12(22)20(24)10-6-14-13-4-11-21-17(25-21)16(23)7-9-19(21,3)15(13)5-8-18(14,20)2/h13-15,17,24H,4-11H2,1-3H3/t13-,14-,15-,17?,18-,19+,20-,21?/m0/s1. The molecule has 0 bridgehead atoms. The van der Waals surface area contributed by atoms with E-state index in [4.69, 9.17) is 4.74 Å². The van der Waals surface area contributed by atoms with Crippen LogP contribution in [0.5, 0.6) is 0 Å². The molecule has 1 heterocycles. The number of epoxide rings is 1. The van der Waals surface area contributed by atoms with E-state index >= 15 is 0 Å². The number of rotatable bonds is 1. The van der Waals surface area contributed by atoms with E-state index < -0.39 is 5.60 Å². The van der Waals surface area contributed by atoms with Gasteiger partial charge in [-0.3, -0.25) is 9.59 Å². The van der Waals surface area contributed by atoms with Crippen molar-refractivity contribution in [1.29, 1.82) is 0 Å². The molecule has 1 aliphatic heterocycles. The van der Waals surface area contributed by atoms with Crippen molar-refractivity contribution < 1.29 is 19.4 Å². The van der Waals surface area contributed by atoms with Crippen LogP contribution in [0.3, 0.4) is 0 Å². The lowest BCUT2D eigenvalue weighted by atomic mass is 9.44. The number of hydrogen-bond acceptors (Lipinski definition) is 4. The maximum atomic E-state index is 12.3. The lowest BCUT2D eigenvalue weighted by molar-refractivity contribution is -0.168. The normalized spacial score (nSPS) is 59.4. The Kier molecular flexibility index (Phi) is 3.00. The zero-order valence-corrected chi connectivity index (χ0v) is 15.6. The van der Waals surface area contributed by atoms with Gasteiger partial charge in [-0.2, -0.15) is 0 Å². The van der Waals surface area contributed by atoms with Crippen molar-refractivity contribution in [1.82, 2.24) is 0 Å². The predicted molar refractivity (Wildman–Crippen MR) is 91.9 cm³/mol. The van der Waals surface area contributed by atoms with Crippen molar-refractivity contribution in [3.63, 3.8) is 0 Å². The van der Waals surface area contributed by atoms with Crippen LogP contribution in [0.25, 0.3) is 0 Å². The largest absolute Gasteiger partial charge is 0.382 e. The van der Waals surface area contributed by atoms with Gasteiger partial charge in [-0.25, -0.2) is 0 Å². The SMILES string of the molecule is CC(=O)[C@@]1(O)CC[C@H]2[C@@H]3CCC45OC4C(=O)CC[C@]5(C)[C@H]3CC[C@@]21C. The summed E-state index contributed by atoms with van der Waals surface area (Å²) < 4.78 is 6.10. The first-order chi connectivity index (χ1) is 11.7. The third-order valence-electron chi connectivity index (χ3n) is 9.68. The Morgan fingerprint density at radius 3 is 2.44 bits per heavy atom. The molecule has 138 valence electrons. The molecule has 0 aromatic rings. The molecular formula is C21H30O4. The van der Waals surface area contributed by atoms with Gasteiger partial charge in [-0.05, 0) is 69.6 Å². The first-order valence-electron chi connectivity index (χ1n) is 10.1. The zero-order valence-electron chi connectivity index (χ0n) is 15.6. The molecule has 1 N–H and O–H groups in total. The maximum Gasteiger partial charge on any atom is 0.164 e. The van der Waals surface area contributed by atoms with Crippen molar-refractivity contribution in [2.24, 2.45) is 28.6 Å². The highest BCUT2D eigenvalue weighted by Crippen LogP contribution is 2.73. The van der Waals surface area contributed by atoms with Gasteiger partial charge < -0.3 is 9.84 Å². The third-order valence-corrected chi connectivity index (χ3v) is 9.68. The predicted octanol–water partition coefficient (Wildman–Crippen LogP) is 3.05. The summed E-state index contributed by atoms with van der Waals surface area (Å²) in [5.41, 5.74) is -1.52. The molecule has 4 heteroatoms. The molecule has 0 aromatic heterocycles. The third kappa shape index (κ3) is 1.63. The number of ether oxygens (including phenoxy) is 1. The van der Waals surface area contributed by atoms with E-state index in [1.54, 1.807) is 6.92 Å². The first kappa shape index (κ1) is 16.4. The van der Waals surface area contributed by atoms with Crippen molar-refractivity contribution in [3.8, 4) is 0 Å². The number of hydrogen-bond donors (Lipinski definition) is 1. The van der Waals surface area contributed by atoms with Crippen LogP contribution in [-0.2, 0) is 14.3 Å². The first-order valence-corrected chi connectivity index (χ1v) is 10.1. The number of carbonyl (C=O) groups is 2. The molecule has 25 heavy (non-hydrogen) atoms. The van der Waals surface area contributed by atoms with Crippen LogP contribution < -0.4 is 0 Å². The van der Waals surface area contributed by atoms with Gasteiger partial charge in [0.25, 0.3) is 0 Å². The Hall–Kier alpha value is -0.740. The highest BCUT2D eigenvalue weighted by Gasteiger charge is 2.77. The van der Waals surface area contributed by atoms with Crippen molar-refractivity contribution in [2.75, 3.05) is 0 Å². The van der Waals surface area contributed by atoms with Gasteiger partial charge >= 0.3 is 0 Å². The number of aliphatic hydroxyl groups is 1. The maximum absolute atomic E-state index is 12.3. The highest BCUT2D eigenvalue weighted by atomic mass is 16.6. The zero-order chi connectivity index (χ0) is 17.8. The second-order valence-corrected chi connectivity index (χ2v) is 10.1. The second-order valence-electron chi connectivity index (χ2n) is 10.1. The Balaban J connectivity index is 1.51. The van der Waals surface area contributed by atoms with E-state index in [0.29, 0.717) is 36.4 Å². The van der Waals surface area contributed by atoms with Crippen LogP contribution in [0.2, 0.25) is 0 Å². The van der Waals surface area contributed by atoms with E-state index in [0.717, 1.165) is 38.5 Å². The monoisotopic (exact) mass is 346 g/mol. The van der Waals surface area contributed by atoms with Gasteiger partial charge in [0, 0.05) is 17.3 Å². The molecule has 0 amide bonds. The summed E-state index contributed by atoms with van der Waals surface area (Å²) in [6, 6.07) is 0. The Morgan fingerprint density at radius 2 is 1.72 bits per heavy atom. The summed E-state index contributed by atoms with van der Waals surface area (Å²) in [6.45, 7) is 6.09. The Bertz CT molecular complexity index is 673. The average molecular weight is 346 g/mol. The molecule has 0 aromatic carbocycles. The van der Waals surface area contributed by atoms with Crippen LogP contribution in [0.1, 0.15) is 72.1 Å². The van der Waals surface area contributed by atoms with Gasteiger partial charge in [0.15, 0.2) is 11.6 Å². The van der Waals surface area contributed by atoms with Gasteiger partial charge in [0.2, 0.25) is 0 Å². The average Bonchev–Trinajstić information content (AvgIpc) is 3.25. The summed E-state index contributed by atoms with van der Waals surface area (Å²) >= 11 is 0. The van der Waals surface area contributed by atoms with E-state index in [2.05, 4.69) is 13.8 Å². The molecule has 5 rings (SSSR count). The minimum atomic E-state index is -1.14. The lowest BCUT2D eigenvalue weighted by Gasteiger charge is -2.60. The summed E-state index contributed by atoms with van der Waals surface area (Å²) in [7, 11) is 0. The minimum Gasteiger partial charge on any atom is -0.382 e. The van der Waals surface area contributed by atoms with E-state index in [1.165, 1.54) is 0 Å². The van der Waals surface area contributed by atoms with Crippen LogP contribution in [0.15, 0.2) is 0 Å². The summed E-state index contributed by atoms with van der Waals surface area (Å²) in [5, 5.41) is 11.2. The molecule has 5 fully saturated rings. The number of ketones is 2. The van der Waals surface area contributed by atoms with Gasteiger partial charge in [0.05, 0.1) is 0 Å². The molecule has 4 aliphatic carbocycles. The topological polar surface area (TPSA) is 66.9 Å². The van der Waals surface area contributed by atoms with E-state index in [-0.39, 0.29) is 28.3 Å². The van der Waals surface area contributed by atoms with Gasteiger partial charge in [-0.15, -0.1) is 0 Å². The lowest BCUT2D eigenvalue weighted by Crippen LogP contribution is -2.60. The van der Waals surface area contributed by atoms with Crippen LogP contribution in [0, 0.1) is 28.6 Å². The van der Waals surface area contributed by atoms with Crippen LogP contribution in [-0.4, -0.2) is 34.0 Å². The fourth-order valence-corrected chi connectivity index (χ4v) is 8.09. The molecule has 2 unspecified atom stereocenters. The summed E-state index contributed by atoms with van der Waals surface area (Å²) in [5.74, 6) is 1.79. The summed E-state index contributed by atoms with van der Waals surface area (Å²) in [6.07, 6.45) is 7.07. The van der Waals surface area contributed by atoms with E-state index in [1.807, 2.05) is 0 Å². The number of fused-ring (bicyclic) bond motifs is 4. The molecule has 1 spiro atoms. The molecule has 4 saturated carbocycles. The van der Waals surface area contributed by atoms with Crippen molar-refractivity contribution in [3.05, 3.63) is 0 Å². The highest BCUT2D eigenvalue weighted by molar-refractivity contribution is 5.89. The van der Waals surface area contributed by atoms with Crippen LogP contribution >= 0.6 is 0 Å². The molecule has 0 radical (unpaired) electrons. The van der Waals surface area contributed by atoms with Crippen molar-refractivity contribution in [2.45, 2.75) is 89.4 Å². The Labute approximate surface area is 149 Å². The Morgan fingerprint density at radius 1 is 1.04 bits per heavy atom. The summed E-state index contributed by atoms with van der Waals surface area (Å²) in [4.78, 5) is 24.5. The molecule has 1 saturated heterocycles. The van der Waals surface area contributed by atoms with Crippen LogP contribution in [0.4, 0.5) is 0 Å². The number of Topliss-reactive ketones (excluding diaryl/α,β-unsaturated/α-hetero) is 2. The smallest absolute Gasteiger partial charge is 0.164 e. The molecule has 5 aliphatic rings. The minimum absolute atomic E-state index is 0.0525. The molecular weight excluding hydrogens is 316 g/mol. The quantitative estimate of drug-likeness (QED) is 0.741. The van der Waals surface area contributed by atoms with Gasteiger partial charge in [0.1, 0.15) is 17.3 Å². The molecule has 8 atom stereocenters. The second kappa shape index (κ2) is 4.56. The van der Waals surface area contributed by atoms with Crippen molar-refractivity contribution >= 4 is 11.6 Å². The molecule has 4 nitrogen and oxygen atoms in total.